The van der Waals surface area contributed by atoms with Crippen molar-refractivity contribution >= 4 is 0 Å². The molecule has 1 aromatic carbocycles. The number of benzene rings is 1. The summed E-state index contributed by atoms with van der Waals surface area (Å²) in [5.41, 5.74) is 0.951. The zero-order chi connectivity index (χ0) is 12.5. The second-order valence-corrected chi connectivity index (χ2v) is 5.53. The summed E-state index contributed by atoms with van der Waals surface area (Å²) in [5, 5.41) is 14.1. The highest BCUT2D eigenvalue weighted by Crippen LogP contribution is 2.38. The molecule has 0 bridgehead atoms. The van der Waals surface area contributed by atoms with Crippen molar-refractivity contribution < 1.29 is 9.84 Å². The summed E-state index contributed by atoms with van der Waals surface area (Å²) in [6, 6.07) is 8.59. The van der Waals surface area contributed by atoms with Crippen molar-refractivity contribution in [2.24, 2.45) is 5.92 Å². The predicted molar refractivity (Wildman–Crippen MR) is 70.6 cm³/mol. The van der Waals surface area contributed by atoms with Gasteiger partial charge in [0, 0.05) is 12.1 Å². The molecule has 98 valence electrons. The summed E-state index contributed by atoms with van der Waals surface area (Å²) < 4.78 is 5.21. The molecule has 0 spiro atoms. The predicted octanol–water partition coefficient (Wildman–Crippen LogP) is 2.26. The van der Waals surface area contributed by atoms with Gasteiger partial charge in [-0.3, -0.25) is 0 Å². The Morgan fingerprint density at radius 1 is 1.39 bits per heavy atom. The van der Waals surface area contributed by atoms with Crippen LogP contribution >= 0.6 is 0 Å². The number of hydrogen-bond acceptors (Lipinski definition) is 3. The summed E-state index contributed by atoms with van der Waals surface area (Å²) >= 11 is 0. The molecule has 0 unspecified atom stereocenters. The van der Waals surface area contributed by atoms with E-state index in [1.54, 1.807) is 7.11 Å². The van der Waals surface area contributed by atoms with Crippen LogP contribution in [0.5, 0.6) is 5.75 Å². The maximum atomic E-state index is 10.5. The molecular formula is C15H21NO2. The van der Waals surface area contributed by atoms with Crippen LogP contribution in [-0.2, 0) is 0 Å². The molecule has 3 rings (SSSR count). The molecule has 2 fully saturated rings. The highest BCUT2D eigenvalue weighted by atomic mass is 16.5. The standard InChI is InChI=1S/C15H21NO2/c1-18-12-6-2-5-11(8-12)15(17)14-9-10-4-3-7-13(10)16-14/h2,5-6,8,10,13-17H,3-4,7,9H2,1H3/t10-,13-,14-,15+/m1/s1. The van der Waals surface area contributed by atoms with Gasteiger partial charge in [0.15, 0.2) is 0 Å². The van der Waals surface area contributed by atoms with Gasteiger partial charge in [0.2, 0.25) is 0 Å². The first-order valence-electron chi connectivity index (χ1n) is 6.86. The van der Waals surface area contributed by atoms with Crippen molar-refractivity contribution in [2.75, 3.05) is 7.11 Å². The molecule has 1 aromatic rings. The molecule has 2 aliphatic rings. The van der Waals surface area contributed by atoms with Crippen LogP contribution in [0.15, 0.2) is 24.3 Å². The number of hydrogen-bond donors (Lipinski definition) is 2. The Bertz CT molecular complexity index is 409. The first-order chi connectivity index (χ1) is 8.78. The molecule has 4 atom stereocenters. The van der Waals surface area contributed by atoms with Gasteiger partial charge in [0.1, 0.15) is 5.75 Å². The van der Waals surface area contributed by atoms with Crippen molar-refractivity contribution in [1.82, 2.24) is 5.32 Å². The lowest BCUT2D eigenvalue weighted by Crippen LogP contribution is -2.33. The Labute approximate surface area is 108 Å². The van der Waals surface area contributed by atoms with Gasteiger partial charge in [0.25, 0.3) is 0 Å². The van der Waals surface area contributed by atoms with Crippen molar-refractivity contribution in [2.45, 2.75) is 43.9 Å². The van der Waals surface area contributed by atoms with E-state index in [9.17, 15) is 5.11 Å². The summed E-state index contributed by atoms with van der Waals surface area (Å²) in [4.78, 5) is 0. The SMILES string of the molecule is COc1cccc([C@H](O)[C@H]2C[C@H]3CCC[C@H]3N2)c1. The fraction of sp³-hybridized carbons (Fsp3) is 0.600. The molecule has 1 aliphatic carbocycles. The van der Waals surface area contributed by atoms with Gasteiger partial charge in [-0.2, -0.15) is 0 Å². The van der Waals surface area contributed by atoms with E-state index in [1.165, 1.54) is 19.3 Å². The Hall–Kier alpha value is -1.06. The number of nitrogens with one attached hydrogen (secondary N) is 1. The normalized spacial score (nSPS) is 32.2. The highest BCUT2D eigenvalue weighted by molar-refractivity contribution is 5.30. The van der Waals surface area contributed by atoms with Crippen molar-refractivity contribution in [1.29, 1.82) is 0 Å². The maximum absolute atomic E-state index is 10.5. The minimum Gasteiger partial charge on any atom is -0.497 e. The van der Waals surface area contributed by atoms with Gasteiger partial charge in [-0.25, -0.2) is 0 Å². The third kappa shape index (κ3) is 2.13. The van der Waals surface area contributed by atoms with E-state index >= 15 is 0 Å². The molecule has 3 heteroatoms. The van der Waals surface area contributed by atoms with Gasteiger partial charge < -0.3 is 15.2 Å². The fourth-order valence-corrected chi connectivity index (χ4v) is 3.49. The van der Waals surface area contributed by atoms with E-state index in [2.05, 4.69) is 5.32 Å². The largest absolute Gasteiger partial charge is 0.497 e. The smallest absolute Gasteiger partial charge is 0.119 e. The molecule has 0 amide bonds. The Balaban J connectivity index is 1.72. The van der Waals surface area contributed by atoms with Crippen LogP contribution in [0.1, 0.15) is 37.4 Å². The van der Waals surface area contributed by atoms with E-state index in [4.69, 9.17) is 4.74 Å². The van der Waals surface area contributed by atoms with Gasteiger partial charge in [-0.15, -0.1) is 0 Å². The van der Waals surface area contributed by atoms with Gasteiger partial charge in [-0.1, -0.05) is 18.6 Å². The zero-order valence-corrected chi connectivity index (χ0v) is 10.8. The van der Waals surface area contributed by atoms with Gasteiger partial charge in [0.05, 0.1) is 13.2 Å². The van der Waals surface area contributed by atoms with Gasteiger partial charge >= 0.3 is 0 Å². The number of fused-ring (bicyclic) bond motifs is 1. The van der Waals surface area contributed by atoms with Crippen molar-refractivity contribution in [3.8, 4) is 5.75 Å². The topological polar surface area (TPSA) is 41.5 Å². The van der Waals surface area contributed by atoms with E-state index in [-0.39, 0.29) is 6.04 Å². The number of ether oxygens (including phenoxy) is 1. The average molecular weight is 247 g/mol. The lowest BCUT2D eigenvalue weighted by atomic mass is 9.96. The van der Waals surface area contributed by atoms with Crippen LogP contribution in [-0.4, -0.2) is 24.3 Å². The first kappa shape index (κ1) is 12.0. The molecule has 1 aliphatic heterocycles. The second-order valence-electron chi connectivity index (χ2n) is 5.53. The quantitative estimate of drug-likeness (QED) is 0.861. The minimum atomic E-state index is -0.425. The maximum Gasteiger partial charge on any atom is 0.119 e. The number of rotatable bonds is 3. The summed E-state index contributed by atoms with van der Waals surface area (Å²) in [7, 11) is 1.66. The second kappa shape index (κ2) is 4.90. The molecule has 2 N–H and O–H groups in total. The monoisotopic (exact) mass is 247 g/mol. The molecule has 1 saturated carbocycles. The molecule has 0 aromatic heterocycles. The molecule has 0 radical (unpaired) electrons. The van der Waals surface area contributed by atoms with Gasteiger partial charge in [-0.05, 0) is 42.9 Å². The van der Waals surface area contributed by atoms with Crippen LogP contribution in [0.25, 0.3) is 0 Å². The molecular weight excluding hydrogens is 226 g/mol. The third-order valence-electron chi connectivity index (χ3n) is 4.46. The molecule has 1 saturated heterocycles. The summed E-state index contributed by atoms with van der Waals surface area (Å²) in [6.07, 6.45) is 4.60. The number of aliphatic hydroxyl groups excluding tert-OH is 1. The summed E-state index contributed by atoms with van der Waals surface area (Å²) in [5.74, 6) is 1.58. The van der Waals surface area contributed by atoms with Crippen LogP contribution < -0.4 is 10.1 Å². The fourth-order valence-electron chi connectivity index (χ4n) is 3.49. The Morgan fingerprint density at radius 3 is 3.06 bits per heavy atom. The average Bonchev–Trinajstić information content (AvgIpc) is 2.98. The number of methoxy groups -OCH3 is 1. The van der Waals surface area contributed by atoms with E-state index in [1.807, 2.05) is 24.3 Å². The third-order valence-corrected chi connectivity index (χ3v) is 4.46. The molecule has 3 nitrogen and oxygen atoms in total. The van der Waals surface area contributed by atoms with E-state index in [0.29, 0.717) is 6.04 Å². The van der Waals surface area contributed by atoms with Crippen LogP contribution in [0.4, 0.5) is 0 Å². The zero-order valence-electron chi connectivity index (χ0n) is 10.8. The first-order valence-corrected chi connectivity index (χ1v) is 6.86. The van der Waals surface area contributed by atoms with Crippen LogP contribution in [0, 0.1) is 5.92 Å². The highest BCUT2D eigenvalue weighted by Gasteiger charge is 2.39. The lowest BCUT2D eigenvalue weighted by molar-refractivity contribution is 0.133. The van der Waals surface area contributed by atoms with E-state index in [0.717, 1.165) is 23.7 Å². The molecule has 18 heavy (non-hydrogen) atoms. The van der Waals surface area contributed by atoms with E-state index < -0.39 is 6.10 Å². The Morgan fingerprint density at radius 2 is 2.28 bits per heavy atom. The Kier molecular flexibility index (Phi) is 3.27. The van der Waals surface area contributed by atoms with Crippen molar-refractivity contribution in [3.05, 3.63) is 29.8 Å². The summed E-state index contributed by atoms with van der Waals surface area (Å²) in [6.45, 7) is 0. The van der Waals surface area contributed by atoms with Crippen LogP contribution in [0.2, 0.25) is 0 Å². The van der Waals surface area contributed by atoms with Crippen molar-refractivity contribution in [3.63, 3.8) is 0 Å². The van der Waals surface area contributed by atoms with Crippen LogP contribution in [0.3, 0.4) is 0 Å². The number of aliphatic hydroxyl groups is 1. The molecule has 1 heterocycles. The minimum absolute atomic E-state index is 0.201. The lowest BCUT2D eigenvalue weighted by Gasteiger charge is -2.20.